The molecule has 0 atom stereocenters. The van der Waals surface area contributed by atoms with E-state index in [0.29, 0.717) is 29.8 Å². The number of benzene rings is 2. The van der Waals surface area contributed by atoms with Crippen LogP contribution in [0.1, 0.15) is 101 Å². The summed E-state index contributed by atoms with van der Waals surface area (Å²) in [6.07, 6.45) is 6.79. The number of rotatable bonds is 11. The summed E-state index contributed by atoms with van der Waals surface area (Å²) >= 11 is 1.67. The van der Waals surface area contributed by atoms with Gasteiger partial charge in [-0.15, -0.1) is 11.8 Å². The van der Waals surface area contributed by atoms with Gasteiger partial charge in [0.25, 0.3) is 0 Å². The van der Waals surface area contributed by atoms with E-state index in [-0.39, 0.29) is 17.8 Å². The number of ether oxygens (including phenoxy) is 1. The number of hydrogen-bond acceptors (Lipinski definition) is 7. The van der Waals surface area contributed by atoms with Crippen LogP contribution in [0.4, 0.5) is 5.69 Å². The van der Waals surface area contributed by atoms with Gasteiger partial charge in [0.15, 0.2) is 0 Å². The largest absolute Gasteiger partial charge is 0.466 e. The molecule has 1 heterocycles. The molecule has 1 aliphatic carbocycles. The van der Waals surface area contributed by atoms with Gasteiger partial charge in [0.05, 0.1) is 24.1 Å². The van der Waals surface area contributed by atoms with Crippen molar-refractivity contribution >= 4 is 35.3 Å². The monoisotopic (exact) mass is 640 g/mol. The van der Waals surface area contributed by atoms with E-state index >= 15 is 0 Å². The van der Waals surface area contributed by atoms with Crippen molar-refractivity contribution in [3.63, 3.8) is 0 Å². The first-order valence-electron chi connectivity index (χ1n) is 16.5. The first-order valence-corrected chi connectivity index (χ1v) is 17.5. The molecule has 3 N–H and O–H groups in total. The van der Waals surface area contributed by atoms with Crippen LogP contribution in [0.3, 0.4) is 0 Å². The van der Waals surface area contributed by atoms with Crippen LogP contribution in [-0.2, 0) is 16.0 Å². The summed E-state index contributed by atoms with van der Waals surface area (Å²) < 4.78 is 5.12. The molecule has 1 aliphatic rings. The lowest BCUT2D eigenvalue weighted by Crippen LogP contribution is -2.23. The van der Waals surface area contributed by atoms with Gasteiger partial charge in [0.1, 0.15) is 0 Å². The fourth-order valence-electron chi connectivity index (χ4n) is 6.06. The van der Waals surface area contributed by atoms with Crippen LogP contribution in [0.5, 0.6) is 0 Å². The number of nitrogens with two attached hydrogens (primary N) is 1. The Hall–Kier alpha value is -3.71. The van der Waals surface area contributed by atoms with Crippen LogP contribution in [0.2, 0.25) is 0 Å². The second-order valence-electron chi connectivity index (χ2n) is 12.3. The molecule has 6 nitrogen and oxygen atoms in total. The predicted molar refractivity (Wildman–Crippen MR) is 195 cm³/mol. The molecule has 0 aliphatic heterocycles. The summed E-state index contributed by atoms with van der Waals surface area (Å²) in [4.78, 5) is 22.2. The third-order valence-electron chi connectivity index (χ3n) is 8.43. The summed E-state index contributed by atoms with van der Waals surface area (Å²) in [5, 5.41) is 8.72. The third kappa shape index (κ3) is 10.4. The number of aromatic nitrogens is 1. The molecule has 1 fully saturated rings. The standard InChI is InChI=1S/C22H27N3S.C17H25NO2/c1-15(2)21(16(3)4)22(24)18-11-8-12-20(23)19(18)13-25-14-26-17-9-6-5-7-10-17;1-4-13-10-11-16(18-12(13)3)14-6-8-15(9-7-14)17(19)20-5-2/h5-13,15,24H,14,23H2,1-4H3;10-11,14-15H,4-9H2,1-3H3/b24-22?,25-13+;. The molecule has 0 spiro atoms. The maximum Gasteiger partial charge on any atom is 0.308 e. The van der Waals surface area contributed by atoms with E-state index in [0.717, 1.165) is 60.1 Å². The highest BCUT2D eigenvalue weighted by Gasteiger charge is 2.28. The molecule has 7 heteroatoms. The Labute approximate surface area is 280 Å². The van der Waals surface area contributed by atoms with Crippen LogP contribution in [0.25, 0.3) is 0 Å². The first kappa shape index (κ1) is 36.8. The summed E-state index contributed by atoms with van der Waals surface area (Å²) in [6, 6.07) is 20.3. The maximum absolute atomic E-state index is 11.7. The zero-order chi connectivity index (χ0) is 33.6. The normalized spacial score (nSPS) is 16.1. The van der Waals surface area contributed by atoms with Crippen LogP contribution >= 0.6 is 11.8 Å². The Morgan fingerprint density at radius 1 is 1.04 bits per heavy atom. The van der Waals surface area contributed by atoms with Crippen LogP contribution in [0, 0.1) is 24.2 Å². The molecule has 46 heavy (non-hydrogen) atoms. The molecular weight excluding hydrogens is 589 g/mol. The van der Waals surface area contributed by atoms with Gasteiger partial charge in [-0.3, -0.25) is 20.2 Å². The lowest BCUT2D eigenvalue weighted by atomic mass is 9.80. The summed E-state index contributed by atoms with van der Waals surface area (Å²) in [7, 11) is 0. The fraction of sp³-hybridized carbons (Fsp3) is 0.436. The number of aryl methyl sites for hydroxylation is 2. The van der Waals surface area contributed by atoms with E-state index in [4.69, 9.17) is 20.9 Å². The van der Waals surface area contributed by atoms with Crippen molar-refractivity contribution in [1.82, 2.24) is 4.98 Å². The van der Waals surface area contributed by atoms with Crippen molar-refractivity contribution in [3.8, 4) is 0 Å². The highest BCUT2D eigenvalue weighted by atomic mass is 32.2. The smallest absolute Gasteiger partial charge is 0.308 e. The molecule has 3 aromatic rings. The molecule has 1 aromatic heterocycles. The lowest BCUT2D eigenvalue weighted by molar-refractivity contribution is -0.149. The van der Waals surface area contributed by atoms with Crippen LogP contribution in [-0.4, -0.2) is 35.4 Å². The Morgan fingerprint density at radius 3 is 2.33 bits per heavy atom. The quantitative estimate of drug-likeness (QED) is 0.0941. The average molecular weight is 641 g/mol. The number of pyridine rings is 1. The number of allylic oxidation sites excluding steroid dienone is 2. The maximum atomic E-state index is 11.7. The number of esters is 1. The Balaban J connectivity index is 0.000000259. The molecule has 2 aromatic carbocycles. The predicted octanol–water partition coefficient (Wildman–Crippen LogP) is 9.59. The molecular formula is C39H52N4O2S. The number of hydrogen-bond donors (Lipinski definition) is 2. The number of nitrogens with zero attached hydrogens (tertiary/aromatic N) is 2. The molecule has 4 rings (SSSR count). The SMILES string of the molecule is CC(C)=C(C(=N)c1cccc(N)c1/C=N/CSc1ccccc1)C(C)C.CCOC(=O)C1CCC(c2ccc(CC)c(C)n2)CC1. The van der Waals surface area contributed by atoms with Crippen LogP contribution < -0.4 is 5.73 Å². The molecule has 1 saturated carbocycles. The molecule has 246 valence electrons. The van der Waals surface area contributed by atoms with Crippen molar-refractivity contribution in [3.05, 3.63) is 99.9 Å². The zero-order valence-corrected chi connectivity index (χ0v) is 29.5. The highest BCUT2D eigenvalue weighted by molar-refractivity contribution is 7.99. The Bertz CT molecular complexity index is 1500. The minimum absolute atomic E-state index is 0.0172. The lowest BCUT2D eigenvalue weighted by Gasteiger charge is -2.27. The van der Waals surface area contributed by atoms with Crippen molar-refractivity contribution in [2.45, 2.75) is 91.4 Å². The van der Waals surface area contributed by atoms with Gasteiger partial charge in [-0.05, 0) is 101 Å². The van der Waals surface area contributed by atoms with Crippen molar-refractivity contribution in [2.24, 2.45) is 16.8 Å². The number of carbonyl (C=O) groups is 1. The van der Waals surface area contributed by atoms with E-state index in [1.807, 2.05) is 43.3 Å². The van der Waals surface area contributed by atoms with Crippen molar-refractivity contribution in [1.29, 1.82) is 5.41 Å². The Kier molecular flexibility index (Phi) is 14.7. The number of aliphatic imine (C=N–C) groups is 1. The second kappa shape index (κ2) is 18.4. The molecule has 0 unspecified atom stereocenters. The van der Waals surface area contributed by atoms with Gasteiger partial charge in [-0.25, -0.2) is 0 Å². The van der Waals surface area contributed by atoms with Gasteiger partial charge >= 0.3 is 5.97 Å². The Morgan fingerprint density at radius 2 is 1.74 bits per heavy atom. The van der Waals surface area contributed by atoms with Crippen molar-refractivity contribution in [2.75, 3.05) is 18.2 Å². The van der Waals surface area contributed by atoms with E-state index in [1.165, 1.54) is 16.2 Å². The van der Waals surface area contributed by atoms with E-state index < -0.39 is 0 Å². The summed E-state index contributed by atoms with van der Waals surface area (Å²) in [6.45, 7) is 15.0. The first-order chi connectivity index (χ1) is 22.1. The van der Waals surface area contributed by atoms with Gasteiger partial charge in [-0.1, -0.05) is 62.7 Å². The molecule has 0 amide bonds. The average Bonchev–Trinajstić information content (AvgIpc) is 3.04. The highest BCUT2D eigenvalue weighted by Crippen LogP contribution is 2.36. The fourth-order valence-corrected chi connectivity index (χ4v) is 6.71. The van der Waals surface area contributed by atoms with Crippen LogP contribution in [0.15, 0.2) is 81.7 Å². The number of nitrogen functional groups attached to an aromatic ring is 1. The topological polar surface area (TPSA) is 101 Å². The van der Waals surface area contributed by atoms with Gasteiger partial charge in [0, 0.05) is 45.2 Å². The van der Waals surface area contributed by atoms with Gasteiger partial charge in [-0.2, -0.15) is 0 Å². The number of anilines is 1. The van der Waals surface area contributed by atoms with E-state index in [1.54, 1.807) is 18.0 Å². The molecule has 0 bridgehead atoms. The van der Waals surface area contributed by atoms with Crippen molar-refractivity contribution < 1.29 is 9.53 Å². The van der Waals surface area contributed by atoms with E-state index in [2.05, 4.69) is 70.8 Å². The minimum Gasteiger partial charge on any atom is -0.466 e. The third-order valence-corrected chi connectivity index (χ3v) is 9.31. The second-order valence-corrected chi connectivity index (χ2v) is 13.3. The number of carbonyl (C=O) groups excluding carboxylic acids is 1. The minimum atomic E-state index is -0.0172. The number of nitrogens with one attached hydrogen (secondary N) is 1. The summed E-state index contributed by atoms with van der Waals surface area (Å²) in [5.74, 6) is 1.49. The van der Waals surface area contributed by atoms with Gasteiger partial charge < -0.3 is 10.5 Å². The number of thioether (sulfide) groups is 1. The molecule has 0 saturated heterocycles. The zero-order valence-electron chi connectivity index (χ0n) is 28.7. The van der Waals surface area contributed by atoms with E-state index in [9.17, 15) is 4.79 Å². The molecule has 0 radical (unpaired) electrons. The summed E-state index contributed by atoms with van der Waals surface area (Å²) in [5.41, 5.74) is 14.9. The van der Waals surface area contributed by atoms with Gasteiger partial charge in [0.2, 0.25) is 0 Å².